The summed E-state index contributed by atoms with van der Waals surface area (Å²) in [6.45, 7) is 1.17. The number of hydrogen-bond acceptors (Lipinski definition) is 8. The summed E-state index contributed by atoms with van der Waals surface area (Å²) in [4.78, 5) is 16.2. The lowest BCUT2D eigenvalue weighted by Crippen LogP contribution is -2.31. The first-order valence-corrected chi connectivity index (χ1v) is 14.3. The fraction of sp³-hybridized carbons (Fsp3) is 0.280. The molecule has 0 fully saturated rings. The summed E-state index contributed by atoms with van der Waals surface area (Å²) in [6.07, 6.45) is -1.39. The minimum atomic E-state index is -4.82. The van der Waals surface area contributed by atoms with Gasteiger partial charge >= 0.3 is 6.36 Å². The number of amides is 1. The van der Waals surface area contributed by atoms with Gasteiger partial charge in [-0.3, -0.25) is 4.79 Å². The van der Waals surface area contributed by atoms with E-state index in [2.05, 4.69) is 25.7 Å². The van der Waals surface area contributed by atoms with Crippen LogP contribution >= 0.6 is 11.6 Å². The number of anilines is 2. The molecule has 1 amide bonds. The van der Waals surface area contributed by atoms with E-state index in [0.717, 1.165) is 29.8 Å². The quantitative estimate of drug-likeness (QED) is 0.291. The molecule has 2 aromatic carbocycles. The molecule has 4 rings (SSSR count). The summed E-state index contributed by atoms with van der Waals surface area (Å²) in [6, 6.07) is 11.9. The number of carbonyl (C=O) groups is 1. The number of hydrogen-bond donors (Lipinski definition) is 3. The summed E-state index contributed by atoms with van der Waals surface area (Å²) in [5.74, 6) is -0.607. The van der Waals surface area contributed by atoms with Crippen LogP contribution in [0.4, 0.5) is 24.5 Å². The van der Waals surface area contributed by atoms with Crippen molar-refractivity contribution in [3.05, 3.63) is 65.4 Å². The number of aliphatic imine (C=N–C) groups is 1. The molecule has 0 bridgehead atoms. The van der Waals surface area contributed by atoms with Gasteiger partial charge in [-0.05, 0) is 42.8 Å². The number of amidine groups is 1. The predicted octanol–water partition coefficient (Wildman–Crippen LogP) is 4.63. The monoisotopic (exact) mass is 599 g/mol. The minimum Gasteiger partial charge on any atom is -0.456 e. The van der Waals surface area contributed by atoms with Crippen LogP contribution in [0.15, 0.2) is 59.7 Å². The maximum Gasteiger partial charge on any atom is 0.573 e. The molecule has 40 heavy (non-hydrogen) atoms. The lowest BCUT2D eigenvalue weighted by atomic mass is 10.2. The van der Waals surface area contributed by atoms with Gasteiger partial charge in [-0.1, -0.05) is 17.7 Å². The van der Waals surface area contributed by atoms with Gasteiger partial charge in [0.1, 0.15) is 35.4 Å². The van der Waals surface area contributed by atoms with Crippen LogP contribution in [-0.2, 0) is 21.2 Å². The van der Waals surface area contributed by atoms with Crippen LogP contribution in [0.5, 0.6) is 17.2 Å². The lowest BCUT2D eigenvalue weighted by Gasteiger charge is -2.20. The van der Waals surface area contributed by atoms with Crippen LogP contribution in [0.2, 0.25) is 5.02 Å². The van der Waals surface area contributed by atoms with Gasteiger partial charge in [0.2, 0.25) is 5.91 Å². The summed E-state index contributed by atoms with van der Waals surface area (Å²) in [5, 5.41) is 9.23. The standard InChI is InChI=1S/C25H25ClF3N5O5S/c1-40(36,37)14-22(35)30-9-3-10-34-11-8-20-23(34)24(32-15-31-20)33-16-6-7-21(19(26)12-16)38-17-4-2-5-18(13-17)39-25(27,28)29/h2,4-8,11-13,31H,3,9-10,14-15H2,1H3,(H,30,35)(H,32,33). The molecule has 1 aromatic heterocycles. The first-order chi connectivity index (χ1) is 18.9. The zero-order valence-electron chi connectivity index (χ0n) is 21.1. The zero-order chi connectivity index (χ0) is 28.9. The third kappa shape index (κ3) is 8.29. The highest BCUT2D eigenvalue weighted by Gasteiger charge is 2.31. The molecule has 2 heterocycles. The van der Waals surface area contributed by atoms with E-state index in [-0.39, 0.29) is 16.5 Å². The minimum absolute atomic E-state index is 0.113. The van der Waals surface area contributed by atoms with Gasteiger partial charge in [0, 0.05) is 37.3 Å². The number of nitrogens with one attached hydrogen (secondary N) is 3. The molecule has 0 radical (unpaired) electrons. The zero-order valence-corrected chi connectivity index (χ0v) is 22.7. The largest absolute Gasteiger partial charge is 0.573 e. The molecule has 0 saturated carbocycles. The van der Waals surface area contributed by atoms with E-state index in [9.17, 15) is 26.4 Å². The molecule has 1 aliphatic heterocycles. The Morgan fingerprint density at radius 1 is 1.18 bits per heavy atom. The van der Waals surface area contributed by atoms with Gasteiger partial charge in [-0.2, -0.15) is 0 Å². The number of alkyl halides is 3. The van der Waals surface area contributed by atoms with Crippen LogP contribution < -0.4 is 25.4 Å². The number of rotatable bonds is 10. The number of nitrogens with zero attached hydrogens (tertiary/aromatic N) is 2. The summed E-state index contributed by atoms with van der Waals surface area (Å²) >= 11 is 6.40. The number of benzene rings is 2. The fourth-order valence-corrected chi connectivity index (χ4v) is 4.67. The van der Waals surface area contributed by atoms with Crippen molar-refractivity contribution in [3.8, 4) is 17.2 Å². The molecular weight excluding hydrogens is 575 g/mol. The molecule has 10 nitrogen and oxygen atoms in total. The smallest absolute Gasteiger partial charge is 0.456 e. The number of halogens is 4. The van der Waals surface area contributed by atoms with E-state index in [1.54, 1.807) is 18.2 Å². The maximum absolute atomic E-state index is 12.5. The Bertz CT molecular complexity index is 1530. The molecule has 1 aliphatic rings. The first kappa shape index (κ1) is 29.1. The van der Waals surface area contributed by atoms with Crippen LogP contribution in [-0.4, -0.2) is 56.3 Å². The average Bonchev–Trinajstić information content (AvgIpc) is 3.26. The van der Waals surface area contributed by atoms with Gasteiger partial charge in [0.15, 0.2) is 15.7 Å². The van der Waals surface area contributed by atoms with Crippen molar-refractivity contribution in [1.29, 1.82) is 0 Å². The van der Waals surface area contributed by atoms with Crippen LogP contribution in [0.25, 0.3) is 0 Å². The fourth-order valence-electron chi connectivity index (χ4n) is 3.87. The molecule has 0 saturated heterocycles. The first-order valence-electron chi connectivity index (χ1n) is 11.9. The van der Waals surface area contributed by atoms with Gasteiger partial charge in [0.05, 0.1) is 10.7 Å². The predicted molar refractivity (Wildman–Crippen MR) is 145 cm³/mol. The van der Waals surface area contributed by atoms with Crippen molar-refractivity contribution in [1.82, 2.24) is 9.88 Å². The van der Waals surface area contributed by atoms with E-state index in [1.807, 2.05) is 16.8 Å². The van der Waals surface area contributed by atoms with Crippen LogP contribution in [0.3, 0.4) is 0 Å². The third-order valence-corrected chi connectivity index (χ3v) is 6.53. The Morgan fingerprint density at radius 2 is 1.95 bits per heavy atom. The van der Waals surface area contributed by atoms with Crippen molar-refractivity contribution in [3.63, 3.8) is 0 Å². The highest BCUT2D eigenvalue weighted by atomic mass is 35.5. The molecule has 3 N–H and O–H groups in total. The van der Waals surface area contributed by atoms with Gasteiger partial charge in [-0.25, -0.2) is 13.4 Å². The second-order valence-corrected chi connectivity index (χ2v) is 11.3. The van der Waals surface area contributed by atoms with E-state index in [4.69, 9.17) is 16.3 Å². The Labute approximate surface area is 233 Å². The number of aromatic nitrogens is 1. The number of carbonyl (C=O) groups excluding carboxylic acids is 1. The number of sulfone groups is 1. The Hall–Kier alpha value is -3.91. The van der Waals surface area contributed by atoms with Gasteiger partial charge in [0.25, 0.3) is 0 Å². The van der Waals surface area contributed by atoms with Crippen LogP contribution in [0.1, 0.15) is 12.1 Å². The third-order valence-electron chi connectivity index (χ3n) is 5.45. The molecule has 0 aliphatic carbocycles. The summed E-state index contributed by atoms with van der Waals surface area (Å²) in [7, 11) is -3.39. The SMILES string of the molecule is CS(=O)(=O)CC(=O)NCCCn1ccc2c1C(Nc1ccc(Oc3cccc(OC(F)(F)F)c3)c(Cl)c1)=NCN2. The average molecular weight is 600 g/mol. The Balaban J connectivity index is 1.39. The van der Waals surface area contributed by atoms with E-state index >= 15 is 0 Å². The summed E-state index contributed by atoms with van der Waals surface area (Å²) in [5.41, 5.74) is 2.23. The lowest BCUT2D eigenvalue weighted by molar-refractivity contribution is -0.274. The molecular formula is C25H25ClF3N5O5S. The molecule has 0 spiro atoms. The van der Waals surface area contributed by atoms with Crippen molar-refractivity contribution >= 4 is 44.6 Å². The van der Waals surface area contributed by atoms with E-state index in [1.165, 1.54) is 12.1 Å². The molecule has 0 unspecified atom stereocenters. The van der Waals surface area contributed by atoms with Crippen molar-refractivity contribution < 1.29 is 35.9 Å². The van der Waals surface area contributed by atoms with Crippen molar-refractivity contribution in [2.75, 3.05) is 35.9 Å². The normalized spacial score (nSPS) is 13.1. The Morgan fingerprint density at radius 3 is 2.67 bits per heavy atom. The number of aryl methyl sites for hydroxylation is 1. The summed E-state index contributed by atoms with van der Waals surface area (Å²) < 4.78 is 71.5. The molecule has 3 aromatic rings. The highest BCUT2D eigenvalue weighted by Crippen LogP contribution is 2.34. The van der Waals surface area contributed by atoms with E-state index in [0.29, 0.717) is 37.7 Å². The van der Waals surface area contributed by atoms with Crippen LogP contribution in [0, 0.1) is 0 Å². The van der Waals surface area contributed by atoms with Gasteiger partial charge < -0.3 is 30.0 Å². The molecule has 0 atom stereocenters. The number of ether oxygens (including phenoxy) is 2. The second-order valence-electron chi connectivity index (χ2n) is 8.78. The number of fused-ring (bicyclic) bond motifs is 1. The molecule has 15 heteroatoms. The van der Waals surface area contributed by atoms with Crippen molar-refractivity contribution in [2.24, 2.45) is 4.99 Å². The second kappa shape index (κ2) is 12.1. The Kier molecular flexibility index (Phi) is 8.79. The topological polar surface area (TPSA) is 123 Å². The maximum atomic E-state index is 12.5. The van der Waals surface area contributed by atoms with Gasteiger partial charge in [-0.15, -0.1) is 13.2 Å². The highest BCUT2D eigenvalue weighted by molar-refractivity contribution is 7.91. The van der Waals surface area contributed by atoms with Crippen molar-refractivity contribution in [2.45, 2.75) is 19.3 Å². The van der Waals surface area contributed by atoms with E-state index < -0.39 is 33.6 Å². The molecule has 214 valence electrons.